The molecule has 2 heteroatoms. The van der Waals surface area contributed by atoms with Crippen LogP contribution in [0.2, 0.25) is 0 Å². The van der Waals surface area contributed by atoms with Gasteiger partial charge in [-0.25, -0.2) is 0 Å². The molecule has 0 atom stereocenters. The average molecular weight is 501 g/mol. The number of unbranched alkanes of at least 4 members (excludes halogenated alkanes) is 14. The van der Waals surface area contributed by atoms with Gasteiger partial charge in [0.25, 0.3) is 0 Å². The number of aryl methyl sites for hydroxylation is 2. The third-order valence-corrected chi connectivity index (χ3v) is 9.64. The first-order valence-electron chi connectivity index (χ1n) is 14.4. The summed E-state index contributed by atoms with van der Waals surface area (Å²) in [6.07, 6.45) is 24.5. The zero-order valence-corrected chi connectivity index (χ0v) is 23.8. The maximum absolute atomic E-state index is 6.90. The molecule has 2 aromatic carbocycles. The van der Waals surface area contributed by atoms with E-state index in [1.165, 1.54) is 137 Å². The molecule has 0 aliphatic rings. The van der Waals surface area contributed by atoms with Crippen molar-refractivity contribution in [1.29, 1.82) is 0 Å². The van der Waals surface area contributed by atoms with Gasteiger partial charge in [-0.1, -0.05) is 164 Å². The SMILES string of the molecule is CCCCCCCCCCc1ccc(P(Cl)c2ccc(CCCCCCCCCC)cc2)cc1. The van der Waals surface area contributed by atoms with Crippen LogP contribution in [-0.2, 0) is 12.8 Å². The average Bonchev–Trinajstić information content (AvgIpc) is 2.87. The lowest BCUT2D eigenvalue weighted by Crippen LogP contribution is -2.08. The van der Waals surface area contributed by atoms with Crippen molar-refractivity contribution in [3.63, 3.8) is 0 Å². The van der Waals surface area contributed by atoms with Crippen LogP contribution in [0.4, 0.5) is 0 Å². The second-order valence-electron chi connectivity index (χ2n) is 10.1. The Kier molecular flexibility index (Phi) is 16.7. The van der Waals surface area contributed by atoms with E-state index in [-0.39, 0.29) is 0 Å². The van der Waals surface area contributed by atoms with Crippen LogP contribution < -0.4 is 10.6 Å². The van der Waals surface area contributed by atoms with Crippen LogP contribution >= 0.6 is 18.5 Å². The molecule has 0 nitrogen and oxygen atoms in total. The molecular formula is C32H50ClP. The van der Waals surface area contributed by atoms with Gasteiger partial charge in [-0.3, -0.25) is 0 Å². The first-order chi connectivity index (χ1) is 16.7. The highest BCUT2D eigenvalue weighted by Crippen LogP contribution is 2.39. The van der Waals surface area contributed by atoms with Gasteiger partial charge in [-0.05, 0) is 47.4 Å². The van der Waals surface area contributed by atoms with Crippen molar-refractivity contribution in [3.05, 3.63) is 59.7 Å². The van der Waals surface area contributed by atoms with Gasteiger partial charge in [0, 0.05) is 0 Å². The second-order valence-corrected chi connectivity index (χ2v) is 12.7. The van der Waals surface area contributed by atoms with E-state index in [1.54, 1.807) is 0 Å². The van der Waals surface area contributed by atoms with Crippen molar-refractivity contribution >= 4 is 29.1 Å². The van der Waals surface area contributed by atoms with E-state index in [1.807, 2.05) is 0 Å². The van der Waals surface area contributed by atoms with Gasteiger partial charge in [0.2, 0.25) is 0 Å². The summed E-state index contributed by atoms with van der Waals surface area (Å²) in [6.45, 7) is 4.57. The predicted molar refractivity (Wildman–Crippen MR) is 158 cm³/mol. The van der Waals surface area contributed by atoms with Gasteiger partial charge in [0.1, 0.15) is 0 Å². The Morgan fingerprint density at radius 2 is 0.735 bits per heavy atom. The summed E-state index contributed by atoms with van der Waals surface area (Å²) in [6, 6.07) is 18.2. The van der Waals surface area contributed by atoms with E-state index in [2.05, 4.69) is 62.4 Å². The fourth-order valence-electron chi connectivity index (χ4n) is 4.66. The summed E-state index contributed by atoms with van der Waals surface area (Å²) in [5.41, 5.74) is 2.91. The van der Waals surface area contributed by atoms with Gasteiger partial charge in [0.15, 0.2) is 0 Å². The number of halogens is 1. The van der Waals surface area contributed by atoms with E-state index in [4.69, 9.17) is 11.2 Å². The molecule has 0 heterocycles. The van der Waals surface area contributed by atoms with Gasteiger partial charge >= 0.3 is 0 Å². The monoisotopic (exact) mass is 500 g/mol. The molecular weight excluding hydrogens is 451 g/mol. The van der Waals surface area contributed by atoms with Crippen LogP contribution in [0.5, 0.6) is 0 Å². The highest BCUT2D eigenvalue weighted by molar-refractivity contribution is 7.95. The molecule has 0 N–H and O–H groups in total. The number of hydrogen-bond acceptors (Lipinski definition) is 0. The molecule has 0 saturated carbocycles. The first kappa shape index (κ1) is 29.4. The van der Waals surface area contributed by atoms with E-state index >= 15 is 0 Å². The lowest BCUT2D eigenvalue weighted by molar-refractivity contribution is 0.575. The fraction of sp³-hybridized carbons (Fsp3) is 0.625. The summed E-state index contributed by atoms with van der Waals surface area (Å²) < 4.78 is 0. The number of hydrogen-bond donors (Lipinski definition) is 0. The Bertz CT molecular complexity index is 658. The summed E-state index contributed by atoms with van der Waals surface area (Å²) in [7, 11) is -0.776. The molecule has 0 radical (unpaired) electrons. The van der Waals surface area contributed by atoms with Crippen LogP contribution in [0.15, 0.2) is 48.5 Å². The van der Waals surface area contributed by atoms with Crippen molar-refractivity contribution in [2.45, 2.75) is 129 Å². The van der Waals surface area contributed by atoms with Crippen molar-refractivity contribution < 1.29 is 0 Å². The molecule has 0 bridgehead atoms. The lowest BCUT2D eigenvalue weighted by atomic mass is 10.0. The second kappa shape index (κ2) is 19.4. The van der Waals surface area contributed by atoms with E-state index in [0.29, 0.717) is 0 Å². The third kappa shape index (κ3) is 12.7. The van der Waals surface area contributed by atoms with Crippen LogP contribution in [-0.4, -0.2) is 0 Å². The summed E-state index contributed by atoms with van der Waals surface area (Å²) in [5, 5.41) is 2.54. The lowest BCUT2D eigenvalue weighted by Gasteiger charge is -2.12. The van der Waals surface area contributed by atoms with Gasteiger partial charge in [0.05, 0.1) is 7.27 Å². The predicted octanol–water partition coefficient (Wildman–Crippen LogP) is 10.6. The highest BCUT2D eigenvalue weighted by atomic mass is 35.7. The molecule has 0 amide bonds. The fourth-order valence-corrected chi connectivity index (χ4v) is 6.46. The van der Waals surface area contributed by atoms with Crippen LogP contribution in [0.1, 0.15) is 128 Å². The zero-order chi connectivity index (χ0) is 24.3. The van der Waals surface area contributed by atoms with Gasteiger partial charge in [-0.2, -0.15) is 0 Å². The highest BCUT2D eigenvalue weighted by Gasteiger charge is 2.11. The smallest absolute Gasteiger partial charge is 0.0524 e. The molecule has 0 unspecified atom stereocenters. The van der Waals surface area contributed by atoms with Crippen LogP contribution in [0.3, 0.4) is 0 Å². The summed E-state index contributed by atoms with van der Waals surface area (Å²) in [5.74, 6) is 0. The Balaban J connectivity index is 1.64. The maximum atomic E-state index is 6.90. The molecule has 0 saturated heterocycles. The zero-order valence-electron chi connectivity index (χ0n) is 22.2. The Hall–Kier alpha value is -0.840. The molecule has 2 aromatic rings. The van der Waals surface area contributed by atoms with Crippen LogP contribution in [0, 0.1) is 0 Å². The topological polar surface area (TPSA) is 0 Å². The van der Waals surface area contributed by atoms with Crippen molar-refractivity contribution in [2.75, 3.05) is 0 Å². The van der Waals surface area contributed by atoms with Crippen molar-refractivity contribution in [3.8, 4) is 0 Å². The largest absolute Gasteiger partial charge is 0.0859 e. The number of rotatable bonds is 20. The van der Waals surface area contributed by atoms with Gasteiger partial charge < -0.3 is 0 Å². The molecule has 0 aliphatic carbocycles. The standard InChI is InChI=1S/C32H50ClP/c1-3-5-7-9-11-13-15-17-19-29-21-25-31(26-22-29)34(33)32-27-23-30(24-28-32)20-18-16-14-12-10-8-6-4-2/h21-28H,3-20H2,1-2H3. The Morgan fingerprint density at radius 3 is 1.06 bits per heavy atom. The quantitative estimate of drug-likeness (QED) is 0.125. The molecule has 0 aliphatic heterocycles. The summed E-state index contributed by atoms with van der Waals surface area (Å²) >= 11 is 6.90. The van der Waals surface area contributed by atoms with E-state index in [9.17, 15) is 0 Å². The maximum Gasteiger partial charge on any atom is 0.0524 e. The Labute approximate surface area is 217 Å². The molecule has 0 aromatic heterocycles. The summed E-state index contributed by atoms with van der Waals surface area (Å²) in [4.78, 5) is 0. The van der Waals surface area contributed by atoms with Gasteiger partial charge in [-0.15, -0.1) is 0 Å². The number of benzene rings is 2. The van der Waals surface area contributed by atoms with Crippen LogP contribution in [0.25, 0.3) is 0 Å². The molecule has 34 heavy (non-hydrogen) atoms. The van der Waals surface area contributed by atoms with Crippen molar-refractivity contribution in [2.24, 2.45) is 0 Å². The normalized spacial score (nSPS) is 11.4. The molecule has 0 spiro atoms. The molecule has 2 rings (SSSR count). The molecule has 190 valence electrons. The minimum atomic E-state index is -0.776. The minimum Gasteiger partial charge on any atom is -0.0859 e. The Morgan fingerprint density at radius 1 is 0.441 bits per heavy atom. The van der Waals surface area contributed by atoms with E-state index in [0.717, 1.165) is 0 Å². The van der Waals surface area contributed by atoms with E-state index < -0.39 is 7.27 Å². The minimum absolute atomic E-state index is 0.776. The molecule has 0 fully saturated rings. The van der Waals surface area contributed by atoms with Crippen molar-refractivity contribution in [1.82, 2.24) is 0 Å². The third-order valence-electron chi connectivity index (χ3n) is 6.96. The first-order valence-corrected chi connectivity index (χ1v) is 16.6.